The van der Waals surface area contributed by atoms with Gasteiger partial charge in [-0.1, -0.05) is 51.1 Å². The number of amides is 2. The number of nitrogens with one attached hydrogen (secondary N) is 1. The second kappa shape index (κ2) is 10.6. The number of hydrogen-bond donors (Lipinski definition) is 2. The van der Waals surface area contributed by atoms with E-state index >= 15 is 0 Å². The van der Waals surface area contributed by atoms with Crippen LogP contribution in [0.25, 0.3) is 0 Å². The second-order valence-corrected chi connectivity index (χ2v) is 8.31. The van der Waals surface area contributed by atoms with E-state index in [1.165, 1.54) is 12.0 Å². The Balaban J connectivity index is 0.00000420. The van der Waals surface area contributed by atoms with Crippen LogP contribution in [0.2, 0.25) is 0 Å². The van der Waals surface area contributed by atoms with Crippen LogP contribution in [-0.2, 0) is 25.5 Å². The number of benzene rings is 1. The molecule has 1 aliphatic rings. The molecule has 0 unspecified atom stereocenters. The fourth-order valence-corrected chi connectivity index (χ4v) is 3.32. The zero-order valence-electron chi connectivity index (χ0n) is 17.5. The molecule has 3 N–H and O–H groups in total. The standard InChI is InChI=1S/C21H31N3O4.ClH/c1-21(2,3)17(22)18(25)23-15(13-14-9-6-5-7-10-14)19(26)24-12-8-11-16(24)20(27)28-4;/h5-7,9-10,15-17H,8,11-13,22H2,1-4H3,(H,23,25);1H/t15-,16+,17-;/m0./s1. The molecule has 0 aromatic heterocycles. The quantitative estimate of drug-likeness (QED) is 0.675. The Morgan fingerprint density at radius 2 is 1.86 bits per heavy atom. The van der Waals surface area contributed by atoms with Crippen molar-refractivity contribution in [1.29, 1.82) is 0 Å². The summed E-state index contributed by atoms with van der Waals surface area (Å²) in [6, 6.07) is 7.29. The van der Waals surface area contributed by atoms with Crippen LogP contribution in [-0.4, -0.2) is 54.5 Å². The molecule has 3 atom stereocenters. The third-order valence-corrected chi connectivity index (χ3v) is 5.12. The first-order valence-corrected chi connectivity index (χ1v) is 9.63. The summed E-state index contributed by atoms with van der Waals surface area (Å²) in [5.74, 6) is -1.09. The van der Waals surface area contributed by atoms with Crippen LogP contribution in [0.15, 0.2) is 30.3 Å². The third-order valence-electron chi connectivity index (χ3n) is 5.12. The van der Waals surface area contributed by atoms with Gasteiger partial charge in [-0.3, -0.25) is 9.59 Å². The van der Waals surface area contributed by atoms with Crippen molar-refractivity contribution in [3.63, 3.8) is 0 Å². The van der Waals surface area contributed by atoms with Gasteiger partial charge >= 0.3 is 5.97 Å². The number of ether oxygens (including phenoxy) is 1. The molecule has 8 heteroatoms. The lowest BCUT2D eigenvalue weighted by atomic mass is 9.86. The van der Waals surface area contributed by atoms with E-state index < -0.39 is 29.5 Å². The van der Waals surface area contributed by atoms with E-state index in [1.54, 1.807) is 0 Å². The number of hydrogen-bond acceptors (Lipinski definition) is 5. The van der Waals surface area contributed by atoms with Crippen LogP contribution >= 0.6 is 12.4 Å². The fourth-order valence-electron chi connectivity index (χ4n) is 3.32. The molecule has 0 bridgehead atoms. The maximum Gasteiger partial charge on any atom is 0.328 e. The maximum absolute atomic E-state index is 13.3. The predicted octanol–water partition coefficient (Wildman–Crippen LogP) is 1.67. The van der Waals surface area contributed by atoms with Gasteiger partial charge in [0.2, 0.25) is 11.8 Å². The number of carbonyl (C=O) groups excluding carboxylic acids is 3. The molecule has 0 spiro atoms. The summed E-state index contributed by atoms with van der Waals surface area (Å²) in [6.45, 7) is 6.09. The van der Waals surface area contributed by atoms with E-state index in [9.17, 15) is 14.4 Å². The second-order valence-electron chi connectivity index (χ2n) is 8.31. The molecule has 0 aliphatic carbocycles. The molecule has 162 valence electrons. The van der Waals surface area contributed by atoms with Gasteiger partial charge in [-0.15, -0.1) is 12.4 Å². The molecular weight excluding hydrogens is 394 g/mol. The molecule has 0 saturated carbocycles. The SMILES string of the molecule is COC(=O)[C@H]1CCCN1C(=O)[C@H](Cc1ccccc1)NC(=O)[C@H](N)C(C)(C)C.Cl. The first-order valence-electron chi connectivity index (χ1n) is 9.63. The van der Waals surface area contributed by atoms with E-state index in [0.717, 1.165) is 12.0 Å². The van der Waals surface area contributed by atoms with Crippen LogP contribution in [0.5, 0.6) is 0 Å². The van der Waals surface area contributed by atoms with E-state index in [0.29, 0.717) is 19.4 Å². The first-order chi connectivity index (χ1) is 13.1. The minimum Gasteiger partial charge on any atom is -0.467 e. The molecule has 1 heterocycles. The fraction of sp³-hybridized carbons (Fsp3) is 0.571. The molecule has 1 aromatic carbocycles. The average Bonchev–Trinajstić information content (AvgIpc) is 3.15. The highest BCUT2D eigenvalue weighted by molar-refractivity contribution is 5.92. The summed E-state index contributed by atoms with van der Waals surface area (Å²) in [4.78, 5) is 39.5. The molecule has 1 saturated heterocycles. The lowest BCUT2D eigenvalue weighted by molar-refractivity contribution is -0.152. The highest BCUT2D eigenvalue weighted by Gasteiger charge is 2.39. The summed E-state index contributed by atoms with van der Waals surface area (Å²) in [6.07, 6.45) is 1.61. The number of esters is 1. The van der Waals surface area contributed by atoms with Gasteiger partial charge in [-0.05, 0) is 23.8 Å². The summed E-state index contributed by atoms with van der Waals surface area (Å²) < 4.78 is 4.84. The minimum absolute atomic E-state index is 0. The monoisotopic (exact) mass is 425 g/mol. The van der Waals surface area contributed by atoms with Crippen molar-refractivity contribution < 1.29 is 19.1 Å². The lowest BCUT2D eigenvalue weighted by Crippen LogP contribution is -2.57. The van der Waals surface area contributed by atoms with E-state index in [4.69, 9.17) is 10.5 Å². The van der Waals surface area contributed by atoms with Crippen molar-refractivity contribution >= 4 is 30.2 Å². The van der Waals surface area contributed by atoms with Crippen LogP contribution in [0.3, 0.4) is 0 Å². The molecule has 1 aliphatic heterocycles. The smallest absolute Gasteiger partial charge is 0.328 e. The van der Waals surface area contributed by atoms with E-state index in [-0.39, 0.29) is 24.2 Å². The van der Waals surface area contributed by atoms with Gasteiger partial charge in [-0.2, -0.15) is 0 Å². The van der Waals surface area contributed by atoms with Gasteiger partial charge in [0.25, 0.3) is 0 Å². The summed E-state index contributed by atoms with van der Waals surface area (Å²) in [5, 5.41) is 2.82. The van der Waals surface area contributed by atoms with Crippen molar-refractivity contribution in [3.05, 3.63) is 35.9 Å². The summed E-state index contributed by atoms with van der Waals surface area (Å²) >= 11 is 0. The molecule has 29 heavy (non-hydrogen) atoms. The highest BCUT2D eigenvalue weighted by atomic mass is 35.5. The van der Waals surface area contributed by atoms with Crippen LogP contribution in [0.1, 0.15) is 39.2 Å². The van der Waals surface area contributed by atoms with Crippen molar-refractivity contribution in [3.8, 4) is 0 Å². The molecular formula is C21H32ClN3O4. The van der Waals surface area contributed by atoms with Crippen LogP contribution in [0.4, 0.5) is 0 Å². The van der Waals surface area contributed by atoms with Crippen molar-refractivity contribution in [1.82, 2.24) is 10.2 Å². The van der Waals surface area contributed by atoms with E-state index in [1.807, 2.05) is 51.1 Å². The van der Waals surface area contributed by atoms with Gasteiger partial charge in [0.15, 0.2) is 0 Å². The Labute approximate surface area is 178 Å². The average molecular weight is 426 g/mol. The van der Waals surface area contributed by atoms with Gasteiger partial charge in [-0.25, -0.2) is 4.79 Å². The number of carbonyl (C=O) groups is 3. The number of nitrogens with two attached hydrogens (primary N) is 1. The Kier molecular flexibility index (Phi) is 9.11. The van der Waals surface area contributed by atoms with Gasteiger partial charge in [0, 0.05) is 13.0 Å². The molecule has 2 amide bonds. The molecule has 1 fully saturated rings. The third kappa shape index (κ3) is 6.44. The number of methoxy groups -OCH3 is 1. The largest absolute Gasteiger partial charge is 0.467 e. The van der Waals surface area contributed by atoms with Gasteiger partial charge in [0.1, 0.15) is 12.1 Å². The number of nitrogens with zero attached hydrogens (tertiary/aromatic N) is 1. The summed E-state index contributed by atoms with van der Waals surface area (Å²) in [7, 11) is 1.31. The number of halogens is 1. The minimum atomic E-state index is -0.798. The Bertz CT molecular complexity index is 706. The lowest BCUT2D eigenvalue weighted by Gasteiger charge is -2.31. The Morgan fingerprint density at radius 3 is 2.41 bits per heavy atom. The normalized spacial score (nSPS) is 18.4. The predicted molar refractivity (Wildman–Crippen MR) is 114 cm³/mol. The maximum atomic E-state index is 13.3. The number of rotatable bonds is 6. The topological polar surface area (TPSA) is 102 Å². The molecule has 2 rings (SSSR count). The van der Waals surface area contributed by atoms with Gasteiger partial charge < -0.3 is 20.7 Å². The van der Waals surface area contributed by atoms with Gasteiger partial charge in [0.05, 0.1) is 13.2 Å². The molecule has 0 radical (unpaired) electrons. The van der Waals surface area contributed by atoms with Crippen molar-refractivity contribution in [2.24, 2.45) is 11.1 Å². The number of likely N-dealkylation sites (tertiary alicyclic amines) is 1. The van der Waals surface area contributed by atoms with Crippen LogP contribution < -0.4 is 11.1 Å². The van der Waals surface area contributed by atoms with Crippen LogP contribution in [0, 0.1) is 5.41 Å². The van der Waals surface area contributed by atoms with E-state index in [2.05, 4.69) is 5.32 Å². The first kappa shape index (κ1) is 24.9. The zero-order chi connectivity index (χ0) is 20.9. The zero-order valence-corrected chi connectivity index (χ0v) is 18.3. The van der Waals surface area contributed by atoms with Crippen molar-refractivity contribution in [2.75, 3.05) is 13.7 Å². The molecule has 7 nitrogen and oxygen atoms in total. The molecule has 1 aromatic rings. The Hall–Kier alpha value is -2.12. The Morgan fingerprint density at radius 1 is 1.24 bits per heavy atom. The van der Waals surface area contributed by atoms with Crippen molar-refractivity contribution in [2.45, 2.75) is 58.2 Å². The highest BCUT2D eigenvalue weighted by Crippen LogP contribution is 2.21. The summed E-state index contributed by atoms with van der Waals surface area (Å²) in [5.41, 5.74) is 6.55.